The molecular weight excluding hydrogens is 514 g/mol. The third-order valence-corrected chi connectivity index (χ3v) is 5.65. The predicted molar refractivity (Wildman–Crippen MR) is 151 cm³/mol. The summed E-state index contributed by atoms with van der Waals surface area (Å²) < 4.78 is 3.70. The summed E-state index contributed by atoms with van der Waals surface area (Å²) in [6.45, 7) is 0.830. The summed E-state index contributed by atoms with van der Waals surface area (Å²) in [5.74, 6) is -0.723. The number of anilines is 1. The first-order valence-electron chi connectivity index (χ1n) is 11.2. The van der Waals surface area contributed by atoms with Gasteiger partial charge in [-0.1, -0.05) is 12.8 Å². The first-order valence-corrected chi connectivity index (χ1v) is 12.5. The van der Waals surface area contributed by atoms with E-state index in [-0.39, 0.29) is 23.6 Å². The molecular formula is C23H33N9O3S2. The second-order valence-corrected chi connectivity index (χ2v) is 8.16. The van der Waals surface area contributed by atoms with Crippen molar-refractivity contribution in [3.63, 3.8) is 0 Å². The zero-order valence-corrected chi connectivity index (χ0v) is 22.2. The van der Waals surface area contributed by atoms with Gasteiger partial charge in [-0.2, -0.15) is 0 Å². The summed E-state index contributed by atoms with van der Waals surface area (Å²) in [6.07, 6.45) is 8.65. The topological polar surface area (TPSA) is 196 Å². The molecule has 0 radical (unpaired) electrons. The predicted octanol–water partition coefficient (Wildman–Crippen LogP) is 0.812. The number of Topliss-reactive ketones (excluding diaryl/α,β-unsaturated/α-hetero) is 1. The van der Waals surface area contributed by atoms with Crippen molar-refractivity contribution in [2.24, 2.45) is 22.2 Å². The van der Waals surface area contributed by atoms with Crippen LogP contribution in [0.3, 0.4) is 0 Å². The Morgan fingerprint density at radius 1 is 1.24 bits per heavy atom. The molecule has 0 saturated heterocycles. The van der Waals surface area contributed by atoms with Gasteiger partial charge in [-0.3, -0.25) is 24.4 Å². The van der Waals surface area contributed by atoms with Crippen LogP contribution in [-0.2, 0) is 17.9 Å². The van der Waals surface area contributed by atoms with Gasteiger partial charge in [0.25, 0.3) is 5.56 Å². The second kappa shape index (κ2) is 18.6. The van der Waals surface area contributed by atoms with Crippen molar-refractivity contribution >= 4 is 47.9 Å². The second-order valence-electron chi connectivity index (χ2n) is 7.05. The van der Waals surface area contributed by atoms with Crippen molar-refractivity contribution in [1.29, 1.82) is 0 Å². The minimum atomic E-state index is -0.751. The van der Waals surface area contributed by atoms with Crippen LogP contribution in [0.5, 0.6) is 0 Å². The molecule has 1 amide bonds. The molecule has 3 heterocycles. The van der Waals surface area contributed by atoms with Crippen LogP contribution in [-0.4, -0.2) is 52.2 Å². The Morgan fingerprint density at radius 3 is 2.54 bits per heavy atom. The quantitative estimate of drug-likeness (QED) is 0.0661. The number of ketones is 1. The molecule has 3 rings (SSSR count). The standard InChI is InChI=1S/C16H20N6O3S2.C6H8N2.CH5N/c17-10-18-5-1-3-11(14(24)15-19-6-8-27-15)20-13(23)9-22-7-2-4-12(21-26)16(22)25;7-5-6-1-3-8-4-2-6;1-2/h2,4,6-8,10-11,21,26H,1,3,5,9H2,(H2,17,18)(H,20,23);1-4H,5,7H2;2H2,1H3/t11-;;/m0../s1. The van der Waals surface area contributed by atoms with E-state index in [1.54, 1.807) is 29.9 Å². The van der Waals surface area contributed by atoms with E-state index < -0.39 is 11.9 Å². The summed E-state index contributed by atoms with van der Waals surface area (Å²) >= 11 is 5.06. The summed E-state index contributed by atoms with van der Waals surface area (Å²) in [7, 11) is 1.50. The number of thiazole rings is 1. The van der Waals surface area contributed by atoms with E-state index >= 15 is 0 Å². The SMILES string of the molecule is CN.NC=NCCC[C@H](NC(=O)Cn1cccc(NS)c1=O)C(=O)c1nccs1.NCc1ccncc1. The number of nitrogens with zero attached hydrogens (tertiary/aromatic N) is 4. The first kappa shape index (κ1) is 31.4. The summed E-state index contributed by atoms with van der Waals surface area (Å²) in [6, 6.07) is 6.23. The van der Waals surface area contributed by atoms with E-state index in [1.807, 2.05) is 12.1 Å². The number of aromatic nitrogens is 3. The van der Waals surface area contributed by atoms with Crippen LogP contribution in [0.4, 0.5) is 5.69 Å². The summed E-state index contributed by atoms with van der Waals surface area (Å²) in [4.78, 5) is 48.9. The average molecular weight is 548 g/mol. The van der Waals surface area contributed by atoms with Gasteiger partial charge in [0.15, 0.2) is 5.01 Å². The van der Waals surface area contributed by atoms with Crippen LogP contribution in [0.15, 0.2) is 64.2 Å². The molecule has 0 fully saturated rings. The van der Waals surface area contributed by atoms with Gasteiger partial charge in [-0.15, -0.1) is 11.3 Å². The molecule has 0 aliphatic rings. The lowest BCUT2D eigenvalue weighted by Crippen LogP contribution is -2.43. The molecule has 0 bridgehead atoms. The molecule has 3 aromatic heterocycles. The number of carbonyl (C=O) groups is 2. The zero-order valence-electron chi connectivity index (χ0n) is 20.5. The van der Waals surface area contributed by atoms with Crippen molar-refractivity contribution in [3.05, 3.63) is 75.4 Å². The number of aliphatic imine (C=N–C) groups is 1. The molecule has 200 valence electrons. The van der Waals surface area contributed by atoms with Crippen molar-refractivity contribution in [1.82, 2.24) is 19.9 Å². The van der Waals surface area contributed by atoms with E-state index in [1.165, 1.54) is 41.7 Å². The zero-order chi connectivity index (χ0) is 27.5. The van der Waals surface area contributed by atoms with Gasteiger partial charge in [0.2, 0.25) is 11.7 Å². The van der Waals surface area contributed by atoms with Gasteiger partial charge in [0.05, 0.1) is 12.4 Å². The number of carbonyl (C=O) groups excluding carboxylic acids is 2. The van der Waals surface area contributed by atoms with Crippen LogP contribution >= 0.6 is 24.2 Å². The minimum absolute atomic E-state index is 0.218. The van der Waals surface area contributed by atoms with Crippen LogP contribution in [0.1, 0.15) is 28.2 Å². The maximum Gasteiger partial charge on any atom is 0.275 e. The van der Waals surface area contributed by atoms with Crippen molar-refractivity contribution in [3.8, 4) is 0 Å². The van der Waals surface area contributed by atoms with Crippen molar-refractivity contribution < 1.29 is 9.59 Å². The summed E-state index contributed by atoms with van der Waals surface area (Å²) in [5.41, 5.74) is 16.0. The van der Waals surface area contributed by atoms with Gasteiger partial charge >= 0.3 is 0 Å². The molecule has 12 nitrogen and oxygen atoms in total. The fourth-order valence-corrected chi connectivity index (χ4v) is 3.69. The largest absolute Gasteiger partial charge is 0.390 e. The maximum absolute atomic E-state index is 12.6. The van der Waals surface area contributed by atoms with Gasteiger partial charge < -0.3 is 31.8 Å². The smallest absolute Gasteiger partial charge is 0.275 e. The van der Waals surface area contributed by atoms with Gasteiger partial charge in [0, 0.05) is 43.3 Å². The molecule has 0 aliphatic carbocycles. The Hall–Kier alpha value is -3.59. The third-order valence-electron chi connectivity index (χ3n) is 4.62. The molecule has 0 unspecified atom stereocenters. The van der Waals surface area contributed by atoms with Crippen LogP contribution in [0.25, 0.3) is 0 Å². The highest BCUT2D eigenvalue weighted by molar-refractivity contribution is 7.81. The minimum Gasteiger partial charge on any atom is -0.390 e. The lowest BCUT2D eigenvalue weighted by Gasteiger charge is -2.17. The third kappa shape index (κ3) is 11.3. The normalized spacial score (nSPS) is 10.9. The molecule has 8 N–H and O–H groups in total. The molecule has 0 spiro atoms. The van der Waals surface area contributed by atoms with Crippen molar-refractivity contribution in [2.75, 3.05) is 18.3 Å². The molecule has 37 heavy (non-hydrogen) atoms. The highest BCUT2D eigenvalue weighted by atomic mass is 32.1. The number of thiol groups is 1. The highest BCUT2D eigenvalue weighted by Crippen LogP contribution is 2.11. The number of hydrogen-bond donors (Lipinski definition) is 6. The lowest BCUT2D eigenvalue weighted by molar-refractivity contribution is -0.122. The van der Waals surface area contributed by atoms with Crippen LogP contribution < -0.4 is 32.8 Å². The molecule has 0 saturated carbocycles. The van der Waals surface area contributed by atoms with Crippen LogP contribution in [0.2, 0.25) is 0 Å². The lowest BCUT2D eigenvalue weighted by atomic mass is 10.1. The molecule has 0 aliphatic heterocycles. The Labute approximate surface area is 225 Å². The molecule has 1 atom stereocenters. The number of nitrogens with two attached hydrogens (primary N) is 3. The highest BCUT2D eigenvalue weighted by Gasteiger charge is 2.24. The molecule has 14 heteroatoms. The summed E-state index contributed by atoms with van der Waals surface area (Å²) in [5, 5.41) is 4.71. The first-order chi connectivity index (χ1) is 18.0. The van der Waals surface area contributed by atoms with E-state index in [9.17, 15) is 14.4 Å². The monoisotopic (exact) mass is 547 g/mol. The number of pyridine rings is 2. The van der Waals surface area contributed by atoms with Crippen molar-refractivity contribution in [2.45, 2.75) is 32.0 Å². The Morgan fingerprint density at radius 2 is 1.97 bits per heavy atom. The van der Waals surface area contributed by atoms with Gasteiger partial charge in [-0.05, 0) is 49.7 Å². The van der Waals surface area contributed by atoms with E-state index in [0.717, 1.165) is 5.56 Å². The maximum atomic E-state index is 12.6. The van der Waals surface area contributed by atoms with Crippen LogP contribution in [0, 0.1) is 0 Å². The Balaban J connectivity index is 0.000000574. The number of hydrogen-bond acceptors (Lipinski definition) is 11. The van der Waals surface area contributed by atoms with E-state index in [2.05, 4.69) is 43.5 Å². The number of nitrogens with one attached hydrogen (secondary N) is 2. The average Bonchev–Trinajstić information content (AvgIpc) is 3.48. The number of rotatable bonds is 11. The van der Waals surface area contributed by atoms with E-state index in [0.29, 0.717) is 30.9 Å². The fraction of sp³-hybridized carbons (Fsp3) is 0.304. The Kier molecular flexibility index (Phi) is 15.8. The number of amides is 1. The van der Waals surface area contributed by atoms with Gasteiger partial charge in [0.1, 0.15) is 12.2 Å². The van der Waals surface area contributed by atoms with E-state index in [4.69, 9.17) is 11.5 Å². The fourth-order valence-electron chi connectivity index (χ4n) is 2.88. The van der Waals surface area contributed by atoms with Gasteiger partial charge in [-0.25, -0.2) is 4.98 Å². The Bertz CT molecular complexity index is 1140. The molecule has 3 aromatic rings. The molecule has 0 aromatic carbocycles.